The van der Waals surface area contributed by atoms with Crippen molar-refractivity contribution in [3.63, 3.8) is 0 Å². The van der Waals surface area contributed by atoms with E-state index in [1.54, 1.807) is 25.1 Å². The number of nitrogens with zero attached hydrogens (tertiary/aromatic N) is 1. The van der Waals surface area contributed by atoms with Gasteiger partial charge in [-0.1, -0.05) is 36.4 Å². The summed E-state index contributed by atoms with van der Waals surface area (Å²) in [7, 11) is 3.93. The Morgan fingerprint density at radius 1 is 1.07 bits per heavy atom. The van der Waals surface area contributed by atoms with Gasteiger partial charge in [-0.3, -0.25) is 4.79 Å². The molecule has 1 aromatic heterocycles. The lowest BCUT2D eigenvalue weighted by atomic mass is 10.0. The Hall–Kier alpha value is -2.92. The first-order valence-corrected chi connectivity index (χ1v) is 8.92. The van der Waals surface area contributed by atoms with E-state index in [9.17, 15) is 9.59 Å². The van der Waals surface area contributed by atoms with Gasteiger partial charge in [0.25, 0.3) is 0 Å². The zero-order valence-electron chi connectivity index (χ0n) is 15.8. The van der Waals surface area contributed by atoms with Crippen molar-refractivity contribution in [3.8, 4) is 11.3 Å². The molecule has 0 spiro atoms. The van der Waals surface area contributed by atoms with E-state index in [1.165, 1.54) is 0 Å². The number of ether oxygens (including phenoxy) is 1. The molecule has 0 N–H and O–H groups in total. The number of benzene rings is 2. The molecule has 5 heteroatoms. The van der Waals surface area contributed by atoms with Crippen LogP contribution in [0.3, 0.4) is 0 Å². The summed E-state index contributed by atoms with van der Waals surface area (Å²) in [6.45, 7) is 2.88. The summed E-state index contributed by atoms with van der Waals surface area (Å²) in [5, 5.41) is 0.384. The van der Waals surface area contributed by atoms with Gasteiger partial charge in [0.15, 0.2) is 11.0 Å². The minimum Gasteiger partial charge on any atom is -0.462 e. The molecular weight excluding hydrogens is 342 g/mol. The summed E-state index contributed by atoms with van der Waals surface area (Å²) in [6, 6.07) is 14.4. The van der Waals surface area contributed by atoms with Crippen LogP contribution in [0.15, 0.2) is 57.7 Å². The first kappa shape index (κ1) is 18.9. The van der Waals surface area contributed by atoms with Gasteiger partial charge in [0.2, 0.25) is 0 Å². The van der Waals surface area contributed by atoms with Crippen molar-refractivity contribution in [2.45, 2.75) is 13.3 Å². The Labute approximate surface area is 158 Å². The molecule has 0 unspecified atom stereocenters. The number of rotatable bonds is 6. The highest BCUT2D eigenvalue weighted by Gasteiger charge is 2.19. The van der Waals surface area contributed by atoms with Crippen LogP contribution in [0.4, 0.5) is 0 Å². The van der Waals surface area contributed by atoms with Gasteiger partial charge in [-0.25, -0.2) is 4.79 Å². The number of carbonyl (C=O) groups is 1. The summed E-state index contributed by atoms with van der Waals surface area (Å²) < 4.78 is 11.4. The van der Waals surface area contributed by atoms with Crippen LogP contribution in [0.25, 0.3) is 22.3 Å². The second-order valence-electron chi connectivity index (χ2n) is 6.73. The molecule has 3 rings (SSSR count). The predicted octanol–water partition coefficient (Wildman–Crippen LogP) is 3.88. The zero-order chi connectivity index (χ0) is 19.4. The van der Waals surface area contributed by atoms with Gasteiger partial charge in [0, 0.05) is 17.7 Å². The number of carbonyl (C=O) groups excluding carboxylic acids is 1. The van der Waals surface area contributed by atoms with Crippen LogP contribution in [0.1, 0.15) is 22.3 Å². The standard InChI is InChI=1S/C22H23NO4/c1-15-19(24)17-11-7-12-18(22(25)26-14-8-13-23(2)3)21(17)27-20(15)16-9-5-4-6-10-16/h4-7,9-12H,8,13-14H2,1-3H3. The summed E-state index contributed by atoms with van der Waals surface area (Å²) in [5.74, 6) is -0.00803. The molecule has 0 radical (unpaired) electrons. The van der Waals surface area contributed by atoms with Gasteiger partial charge in [0.05, 0.1) is 12.0 Å². The molecule has 2 aromatic carbocycles. The Morgan fingerprint density at radius 3 is 2.52 bits per heavy atom. The van der Waals surface area contributed by atoms with Crippen molar-refractivity contribution in [1.29, 1.82) is 0 Å². The molecule has 3 aromatic rings. The fourth-order valence-electron chi connectivity index (χ4n) is 2.96. The van der Waals surface area contributed by atoms with Gasteiger partial charge in [-0.2, -0.15) is 0 Å². The van der Waals surface area contributed by atoms with Crippen molar-refractivity contribution < 1.29 is 13.9 Å². The highest BCUT2D eigenvalue weighted by molar-refractivity contribution is 6.02. The maximum absolute atomic E-state index is 12.8. The third-order valence-corrected chi connectivity index (χ3v) is 4.38. The molecule has 140 valence electrons. The molecule has 0 aliphatic carbocycles. The van der Waals surface area contributed by atoms with E-state index in [2.05, 4.69) is 0 Å². The molecule has 0 aliphatic heterocycles. The fraction of sp³-hybridized carbons (Fsp3) is 0.273. The van der Waals surface area contributed by atoms with Gasteiger partial charge in [-0.05, 0) is 39.6 Å². The van der Waals surface area contributed by atoms with Crippen LogP contribution in [-0.2, 0) is 4.74 Å². The molecule has 0 fully saturated rings. The minimum absolute atomic E-state index is 0.141. The maximum Gasteiger partial charge on any atom is 0.341 e. The number of esters is 1. The average molecular weight is 365 g/mol. The van der Waals surface area contributed by atoms with E-state index in [1.807, 2.05) is 49.3 Å². The fourth-order valence-corrected chi connectivity index (χ4v) is 2.96. The molecule has 0 amide bonds. The molecule has 0 saturated carbocycles. The first-order valence-electron chi connectivity index (χ1n) is 8.92. The Morgan fingerprint density at radius 2 is 1.81 bits per heavy atom. The van der Waals surface area contributed by atoms with Crippen molar-refractivity contribution in [3.05, 3.63) is 69.9 Å². The predicted molar refractivity (Wildman–Crippen MR) is 106 cm³/mol. The number of hydrogen-bond acceptors (Lipinski definition) is 5. The molecular formula is C22H23NO4. The Kier molecular flexibility index (Phi) is 5.72. The van der Waals surface area contributed by atoms with E-state index >= 15 is 0 Å². The number of para-hydroxylation sites is 1. The third kappa shape index (κ3) is 4.09. The normalized spacial score (nSPS) is 11.1. The summed E-state index contributed by atoms with van der Waals surface area (Å²) in [6.07, 6.45) is 0.738. The molecule has 27 heavy (non-hydrogen) atoms. The summed E-state index contributed by atoms with van der Waals surface area (Å²) in [4.78, 5) is 27.4. The van der Waals surface area contributed by atoms with Gasteiger partial charge in [-0.15, -0.1) is 0 Å². The lowest BCUT2D eigenvalue weighted by molar-refractivity contribution is 0.0494. The molecule has 5 nitrogen and oxygen atoms in total. The Bertz CT molecular complexity index is 1010. The third-order valence-electron chi connectivity index (χ3n) is 4.38. The quantitative estimate of drug-likeness (QED) is 0.490. The SMILES string of the molecule is Cc1c(-c2ccccc2)oc2c(C(=O)OCCCN(C)C)cccc2c1=O. The second kappa shape index (κ2) is 8.18. The van der Waals surface area contributed by atoms with E-state index < -0.39 is 5.97 Å². The zero-order valence-corrected chi connectivity index (χ0v) is 15.8. The minimum atomic E-state index is -0.481. The van der Waals surface area contributed by atoms with Gasteiger partial charge >= 0.3 is 5.97 Å². The van der Waals surface area contributed by atoms with Crippen LogP contribution in [-0.4, -0.2) is 38.1 Å². The highest BCUT2D eigenvalue weighted by atomic mass is 16.5. The monoisotopic (exact) mass is 365 g/mol. The van der Waals surface area contributed by atoms with Crippen LogP contribution in [0.5, 0.6) is 0 Å². The number of hydrogen-bond donors (Lipinski definition) is 0. The Balaban J connectivity index is 2.01. The largest absolute Gasteiger partial charge is 0.462 e. The van der Waals surface area contributed by atoms with Crippen LogP contribution in [0, 0.1) is 6.92 Å². The summed E-state index contributed by atoms with van der Waals surface area (Å²) in [5.41, 5.74) is 1.71. The average Bonchev–Trinajstić information content (AvgIpc) is 2.68. The number of fused-ring (bicyclic) bond motifs is 1. The van der Waals surface area contributed by atoms with Crippen molar-refractivity contribution in [2.24, 2.45) is 0 Å². The first-order chi connectivity index (χ1) is 13.0. The topological polar surface area (TPSA) is 59.8 Å². The molecule has 0 atom stereocenters. The van der Waals surface area contributed by atoms with Crippen LogP contribution < -0.4 is 5.43 Å². The van der Waals surface area contributed by atoms with Gasteiger partial charge in [0.1, 0.15) is 11.3 Å². The van der Waals surface area contributed by atoms with E-state index in [4.69, 9.17) is 9.15 Å². The molecule has 1 heterocycles. The van der Waals surface area contributed by atoms with Crippen molar-refractivity contribution >= 4 is 16.9 Å². The molecule has 0 saturated heterocycles. The van der Waals surface area contributed by atoms with Crippen LogP contribution in [0.2, 0.25) is 0 Å². The second-order valence-corrected chi connectivity index (χ2v) is 6.73. The van der Waals surface area contributed by atoms with E-state index in [0.29, 0.717) is 23.3 Å². The highest BCUT2D eigenvalue weighted by Crippen LogP contribution is 2.27. The smallest absolute Gasteiger partial charge is 0.341 e. The van der Waals surface area contributed by atoms with Gasteiger partial charge < -0.3 is 14.1 Å². The van der Waals surface area contributed by atoms with Crippen molar-refractivity contribution in [2.75, 3.05) is 27.2 Å². The lowest BCUT2D eigenvalue weighted by Gasteiger charge is -2.11. The summed E-state index contributed by atoms with van der Waals surface area (Å²) >= 11 is 0. The van der Waals surface area contributed by atoms with Crippen molar-refractivity contribution in [1.82, 2.24) is 4.90 Å². The van der Waals surface area contributed by atoms with E-state index in [0.717, 1.165) is 18.5 Å². The molecule has 0 aliphatic rings. The van der Waals surface area contributed by atoms with E-state index in [-0.39, 0.29) is 16.6 Å². The maximum atomic E-state index is 12.8. The molecule has 0 bridgehead atoms. The van der Waals surface area contributed by atoms with Crippen LogP contribution >= 0.6 is 0 Å². The lowest BCUT2D eigenvalue weighted by Crippen LogP contribution is -2.16.